The molecule has 1 heterocycles. The third-order valence-electron chi connectivity index (χ3n) is 3.30. The van der Waals surface area contributed by atoms with Crippen molar-refractivity contribution in [2.24, 2.45) is 0 Å². The normalized spacial score (nSPS) is 14.8. The lowest BCUT2D eigenvalue weighted by Crippen LogP contribution is -2.38. The number of hydrogen-bond donors (Lipinski definition) is 2. The lowest BCUT2D eigenvalue weighted by Gasteiger charge is -2.13. The van der Waals surface area contributed by atoms with Gasteiger partial charge in [-0.2, -0.15) is 0 Å². The molecule has 3 nitrogen and oxygen atoms in total. The molecule has 0 aromatic carbocycles. The zero-order valence-corrected chi connectivity index (χ0v) is 13.6. The number of thiocarbonyl (C=S) groups is 1. The van der Waals surface area contributed by atoms with E-state index in [1.54, 1.807) is 17.4 Å². The summed E-state index contributed by atoms with van der Waals surface area (Å²) >= 11 is 6.71. The van der Waals surface area contributed by atoms with Gasteiger partial charge in [0.2, 0.25) is 5.91 Å². The van der Waals surface area contributed by atoms with Gasteiger partial charge in [0.1, 0.15) is 0 Å². The standard InChI is InChI=1S/C16H20N2OS2/c19-15(9-8-14-7-4-12-21-14)18-16(20)17-11-10-13-5-2-1-3-6-13/h4-5,7-9,12H,1-3,6,10-11H2,(H2,17,18,19,20)/b9-8+. The Balaban J connectivity index is 1.64. The first-order chi connectivity index (χ1) is 10.2. The monoisotopic (exact) mass is 320 g/mol. The summed E-state index contributed by atoms with van der Waals surface area (Å²) in [7, 11) is 0. The average Bonchev–Trinajstić information content (AvgIpc) is 2.99. The molecule has 0 aliphatic heterocycles. The van der Waals surface area contributed by atoms with E-state index in [1.165, 1.54) is 37.3 Å². The first-order valence-corrected chi connectivity index (χ1v) is 8.51. The van der Waals surface area contributed by atoms with Gasteiger partial charge in [0.25, 0.3) is 0 Å². The highest BCUT2D eigenvalue weighted by Crippen LogP contribution is 2.19. The molecule has 0 saturated carbocycles. The Bertz CT molecular complexity index is 532. The molecule has 0 radical (unpaired) electrons. The summed E-state index contributed by atoms with van der Waals surface area (Å²) < 4.78 is 0. The van der Waals surface area contributed by atoms with Crippen LogP contribution in [0.25, 0.3) is 6.08 Å². The average molecular weight is 320 g/mol. The highest BCUT2D eigenvalue weighted by Gasteiger charge is 2.04. The summed E-state index contributed by atoms with van der Waals surface area (Å²) in [5, 5.41) is 8.11. The number of hydrogen-bond acceptors (Lipinski definition) is 3. The topological polar surface area (TPSA) is 41.1 Å². The van der Waals surface area contributed by atoms with E-state index < -0.39 is 0 Å². The molecule has 1 aromatic heterocycles. The number of carbonyl (C=O) groups is 1. The highest BCUT2D eigenvalue weighted by atomic mass is 32.1. The van der Waals surface area contributed by atoms with Gasteiger partial charge in [0.15, 0.2) is 5.11 Å². The molecule has 21 heavy (non-hydrogen) atoms. The van der Waals surface area contributed by atoms with E-state index >= 15 is 0 Å². The molecule has 2 rings (SSSR count). The van der Waals surface area contributed by atoms with Crippen LogP contribution in [-0.2, 0) is 4.79 Å². The fourth-order valence-corrected chi connectivity index (χ4v) is 3.03. The summed E-state index contributed by atoms with van der Waals surface area (Å²) in [5.74, 6) is -0.196. The predicted molar refractivity (Wildman–Crippen MR) is 93.3 cm³/mol. The Morgan fingerprint density at radius 3 is 3.05 bits per heavy atom. The highest BCUT2D eigenvalue weighted by molar-refractivity contribution is 7.80. The van der Waals surface area contributed by atoms with Crippen molar-refractivity contribution in [2.75, 3.05) is 6.54 Å². The molecule has 5 heteroatoms. The summed E-state index contributed by atoms with van der Waals surface area (Å²) in [5.41, 5.74) is 1.50. The molecular weight excluding hydrogens is 300 g/mol. The van der Waals surface area contributed by atoms with Crippen LogP contribution >= 0.6 is 23.6 Å². The Kier molecular flexibility index (Phi) is 6.63. The number of carbonyl (C=O) groups excluding carboxylic acids is 1. The SMILES string of the molecule is O=C(/C=C/c1cccs1)NC(=S)NCCC1=CCCCC1. The third-order valence-corrected chi connectivity index (χ3v) is 4.38. The molecule has 1 aliphatic rings. The smallest absolute Gasteiger partial charge is 0.250 e. The quantitative estimate of drug-likeness (QED) is 0.494. The van der Waals surface area contributed by atoms with Crippen LogP contribution in [0.4, 0.5) is 0 Å². The first kappa shape index (κ1) is 15.9. The summed E-state index contributed by atoms with van der Waals surface area (Å²) in [6.45, 7) is 0.777. The van der Waals surface area contributed by atoms with Crippen LogP contribution in [0.1, 0.15) is 37.0 Å². The zero-order chi connectivity index (χ0) is 14.9. The third kappa shape index (κ3) is 6.23. The van der Waals surface area contributed by atoms with Crippen molar-refractivity contribution < 1.29 is 4.79 Å². The lowest BCUT2D eigenvalue weighted by molar-refractivity contribution is -0.115. The summed E-state index contributed by atoms with van der Waals surface area (Å²) in [6.07, 6.45) is 11.6. The van der Waals surface area contributed by atoms with Crippen LogP contribution in [0.3, 0.4) is 0 Å². The van der Waals surface area contributed by atoms with Gasteiger partial charge in [-0.05, 0) is 61.8 Å². The zero-order valence-electron chi connectivity index (χ0n) is 11.9. The second-order valence-electron chi connectivity index (χ2n) is 4.95. The van der Waals surface area contributed by atoms with Gasteiger partial charge in [-0.1, -0.05) is 17.7 Å². The minimum absolute atomic E-state index is 0.196. The second kappa shape index (κ2) is 8.74. The molecule has 112 valence electrons. The van der Waals surface area contributed by atoms with E-state index in [2.05, 4.69) is 16.7 Å². The molecule has 0 unspecified atom stereocenters. The van der Waals surface area contributed by atoms with Gasteiger partial charge >= 0.3 is 0 Å². The van der Waals surface area contributed by atoms with E-state index in [4.69, 9.17) is 12.2 Å². The molecule has 0 spiro atoms. The van der Waals surface area contributed by atoms with E-state index in [9.17, 15) is 4.79 Å². The van der Waals surface area contributed by atoms with Crippen LogP contribution in [0.5, 0.6) is 0 Å². The van der Waals surface area contributed by atoms with Crippen molar-refractivity contribution in [1.82, 2.24) is 10.6 Å². The maximum absolute atomic E-state index is 11.7. The maximum Gasteiger partial charge on any atom is 0.250 e. The minimum Gasteiger partial charge on any atom is -0.362 e. The van der Waals surface area contributed by atoms with Crippen molar-refractivity contribution in [3.05, 3.63) is 40.1 Å². The summed E-state index contributed by atoms with van der Waals surface area (Å²) in [6, 6.07) is 3.91. The van der Waals surface area contributed by atoms with Gasteiger partial charge in [-0.3, -0.25) is 10.1 Å². The largest absolute Gasteiger partial charge is 0.362 e. The number of thiophene rings is 1. The van der Waals surface area contributed by atoms with Gasteiger partial charge in [0.05, 0.1) is 0 Å². The Morgan fingerprint density at radius 1 is 1.43 bits per heavy atom. The van der Waals surface area contributed by atoms with Crippen LogP contribution in [0.2, 0.25) is 0 Å². The van der Waals surface area contributed by atoms with E-state index in [-0.39, 0.29) is 5.91 Å². The fraction of sp³-hybridized carbons (Fsp3) is 0.375. The molecule has 1 amide bonds. The van der Waals surface area contributed by atoms with Gasteiger partial charge < -0.3 is 5.32 Å². The van der Waals surface area contributed by atoms with E-state index in [0.717, 1.165) is 17.8 Å². The Hall–Kier alpha value is -1.46. The number of rotatable bonds is 5. The minimum atomic E-state index is -0.196. The van der Waals surface area contributed by atoms with Crippen LogP contribution in [0.15, 0.2) is 35.2 Å². The van der Waals surface area contributed by atoms with Crippen molar-refractivity contribution in [3.63, 3.8) is 0 Å². The molecule has 2 N–H and O–H groups in total. The number of allylic oxidation sites excluding steroid dienone is 1. The second-order valence-corrected chi connectivity index (χ2v) is 6.34. The number of nitrogens with one attached hydrogen (secondary N) is 2. The molecule has 1 aromatic rings. The number of amides is 1. The van der Waals surface area contributed by atoms with Crippen molar-refractivity contribution in [3.8, 4) is 0 Å². The van der Waals surface area contributed by atoms with Crippen LogP contribution < -0.4 is 10.6 Å². The molecule has 0 bridgehead atoms. The van der Waals surface area contributed by atoms with Gasteiger partial charge in [0, 0.05) is 17.5 Å². The van der Waals surface area contributed by atoms with Crippen LogP contribution in [0, 0.1) is 0 Å². The lowest BCUT2D eigenvalue weighted by atomic mass is 9.97. The van der Waals surface area contributed by atoms with Crippen molar-refractivity contribution >= 4 is 40.7 Å². The maximum atomic E-state index is 11.7. The Morgan fingerprint density at radius 2 is 2.33 bits per heavy atom. The van der Waals surface area contributed by atoms with E-state index in [1.807, 2.05) is 17.5 Å². The van der Waals surface area contributed by atoms with Crippen LogP contribution in [-0.4, -0.2) is 17.6 Å². The molecular formula is C16H20N2OS2. The molecule has 1 aliphatic carbocycles. The Labute approximate surface area is 135 Å². The van der Waals surface area contributed by atoms with Gasteiger partial charge in [-0.15, -0.1) is 11.3 Å². The molecule has 0 saturated heterocycles. The van der Waals surface area contributed by atoms with Gasteiger partial charge in [-0.25, -0.2) is 0 Å². The van der Waals surface area contributed by atoms with E-state index in [0.29, 0.717) is 5.11 Å². The first-order valence-electron chi connectivity index (χ1n) is 7.22. The fourth-order valence-electron chi connectivity index (χ4n) is 2.21. The molecule has 0 fully saturated rings. The van der Waals surface area contributed by atoms with Crippen molar-refractivity contribution in [1.29, 1.82) is 0 Å². The predicted octanol–water partition coefficient (Wildman–Crippen LogP) is 3.64. The molecule has 0 atom stereocenters. The summed E-state index contributed by atoms with van der Waals surface area (Å²) in [4.78, 5) is 12.7. The van der Waals surface area contributed by atoms with Crippen molar-refractivity contribution in [2.45, 2.75) is 32.1 Å².